The van der Waals surface area contributed by atoms with Crippen molar-refractivity contribution < 1.29 is 0 Å². The van der Waals surface area contributed by atoms with Gasteiger partial charge in [-0.25, -0.2) is 0 Å². The second-order valence-electron chi connectivity index (χ2n) is 15.9. The maximum Gasteiger partial charge on any atom is 0.277 e. The molecule has 0 amide bonds. The van der Waals surface area contributed by atoms with Gasteiger partial charge < -0.3 is 14.7 Å². The molecule has 2 aliphatic heterocycles. The fraction of sp³-hybridized carbons (Fsp3) is 0.174. The molecule has 0 fully saturated rings. The highest BCUT2D eigenvalue weighted by Crippen LogP contribution is 2.49. The molecule has 0 bridgehead atoms. The van der Waals surface area contributed by atoms with Gasteiger partial charge in [-0.15, -0.1) is 0 Å². The van der Waals surface area contributed by atoms with Crippen molar-refractivity contribution in [3.63, 3.8) is 0 Å². The zero-order valence-electron chi connectivity index (χ0n) is 30.6. The SMILES string of the molecule is CC(C)(C)c1ccc(N2c3ccsc3B3c4sccc4N(c4ccc(C(C)(C)C)cc4)c4cc(N(c5ccccc5)c5ccccc5)cc2c43)cc1. The number of benzene rings is 5. The summed E-state index contributed by atoms with van der Waals surface area (Å²) >= 11 is 3.76. The molecule has 0 aliphatic carbocycles. The minimum Gasteiger partial charge on any atom is -0.311 e. The Hall–Kier alpha value is -5.04. The molecule has 3 nitrogen and oxygen atoms in total. The fourth-order valence-corrected chi connectivity index (χ4v) is 9.92. The molecule has 9 rings (SSSR count). The molecule has 0 saturated heterocycles. The van der Waals surface area contributed by atoms with Crippen LogP contribution in [0.4, 0.5) is 51.2 Å². The zero-order chi connectivity index (χ0) is 35.8. The van der Waals surface area contributed by atoms with Crippen molar-refractivity contribution in [2.45, 2.75) is 52.4 Å². The third-order valence-electron chi connectivity index (χ3n) is 10.5. The van der Waals surface area contributed by atoms with E-state index in [9.17, 15) is 0 Å². The van der Waals surface area contributed by atoms with Gasteiger partial charge in [0.2, 0.25) is 0 Å². The van der Waals surface area contributed by atoms with Crippen molar-refractivity contribution in [3.05, 3.63) is 155 Å². The lowest BCUT2D eigenvalue weighted by atomic mass is 9.39. The van der Waals surface area contributed by atoms with Crippen LogP contribution in [0.25, 0.3) is 0 Å². The van der Waals surface area contributed by atoms with E-state index < -0.39 is 0 Å². The maximum absolute atomic E-state index is 2.52. The average Bonchev–Trinajstić information content (AvgIpc) is 3.83. The Morgan fingerprint density at radius 2 is 0.865 bits per heavy atom. The van der Waals surface area contributed by atoms with Crippen molar-refractivity contribution >= 4 is 95.6 Å². The van der Waals surface area contributed by atoms with Crippen LogP contribution in [0.5, 0.6) is 0 Å². The molecule has 0 atom stereocenters. The lowest BCUT2D eigenvalue weighted by Gasteiger charge is -2.43. The quantitative estimate of drug-likeness (QED) is 0.165. The number of thiophene rings is 2. The van der Waals surface area contributed by atoms with Gasteiger partial charge in [0.25, 0.3) is 6.71 Å². The van der Waals surface area contributed by atoms with E-state index in [0.717, 1.165) is 17.1 Å². The highest BCUT2D eigenvalue weighted by Gasteiger charge is 2.45. The first kappa shape index (κ1) is 32.8. The molecule has 256 valence electrons. The van der Waals surface area contributed by atoms with Crippen LogP contribution in [0.1, 0.15) is 52.7 Å². The van der Waals surface area contributed by atoms with Gasteiger partial charge in [-0.3, -0.25) is 0 Å². The maximum atomic E-state index is 2.52. The van der Waals surface area contributed by atoms with Crippen molar-refractivity contribution in [1.82, 2.24) is 0 Å². The van der Waals surface area contributed by atoms with E-state index in [2.05, 4.69) is 200 Å². The van der Waals surface area contributed by atoms with Crippen LogP contribution in [-0.4, -0.2) is 6.71 Å². The molecule has 0 spiro atoms. The van der Waals surface area contributed by atoms with Crippen LogP contribution in [0.3, 0.4) is 0 Å². The van der Waals surface area contributed by atoms with Crippen LogP contribution in [0, 0.1) is 0 Å². The molecule has 0 radical (unpaired) electrons. The van der Waals surface area contributed by atoms with Crippen molar-refractivity contribution in [3.8, 4) is 0 Å². The summed E-state index contributed by atoms with van der Waals surface area (Å²) in [5.41, 5.74) is 14.9. The van der Waals surface area contributed by atoms with Crippen molar-refractivity contribution in [2.75, 3.05) is 14.7 Å². The molecule has 6 heteroatoms. The van der Waals surface area contributed by atoms with Crippen LogP contribution in [0.15, 0.2) is 144 Å². The summed E-state index contributed by atoms with van der Waals surface area (Å²) in [6.45, 7) is 13.9. The molecule has 0 unspecified atom stereocenters. The Morgan fingerprint density at radius 3 is 1.25 bits per heavy atom. The summed E-state index contributed by atoms with van der Waals surface area (Å²) in [4.78, 5) is 7.44. The Bertz CT molecular complexity index is 2220. The Kier molecular flexibility index (Phi) is 7.76. The molecular weight excluding hydrogens is 669 g/mol. The van der Waals surface area contributed by atoms with Gasteiger partial charge in [0.1, 0.15) is 0 Å². The highest BCUT2D eigenvalue weighted by molar-refractivity contribution is 7.35. The Balaban J connectivity index is 1.35. The van der Waals surface area contributed by atoms with Crippen LogP contribution in [-0.2, 0) is 10.8 Å². The van der Waals surface area contributed by atoms with E-state index in [1.54, 1.807) is 0 Å². The molecule has 4 heterocycles. The molecule has 0 N–H and O–H groups in total. The third kappa shape index (κ3) is 5.39. The molecule has 2 aliphatic rings. The van der Waals surface area contributed by atoms with E-state index in [1.807, 2.05) is 22.7 Å². The molecular formula is C46H42BN3S2. The smallest absolute Gasteiger partial charge is 0.277 e. The monoisotopic (exact) mass is 711 g/mol. The fourth-order valence-electron chi connectivity index (χ4n) is 7.85. The number of rotatable bonds is 5. The predicted molar refractivity (Wildman–Crippen MR) is 228 cm³/mol. The van der Waals surface area contributed by atoms with Crippen molar-refractivity contribution in [1.29, 1.82) is 0 Å². The number of anilines is 9. The number of fused-ring (bicyclic) bond motifs is 4. The van der Waals surface area contributed by atoms with E-state index in [-0.39, 0.29) is 17.5 Å². The van der Waals surface area contributed by atoms with Gasteiger partial charge in [-0.2, -0.15) is 22.7 Å². The molecule has 0 saturated carbocycles. The van der Waals surface area contributed by atoms with E-state index >= 15 is 0 Å². The number of nitrogens with zero attached hydrogens (tertiary/aromatic N) is 3. The summed E-state index contributed by atoms with van der Waals surface area (Å²) in [5.74, 6) is 0. The van der Waals surface area contributed by atoms with E-state index in [4.69, 9.17) is 0 Å². The largest absolute Gasteiger partial charge is 0.311 e. The average molecular weight is 712 g/mol. The highest BCUT2D eigenvalue weighted by atomic mass is 32.1. The summed E-state index contributed by atoms with van der Waals surface area (Å²) in [5, 5.41) is 4.55. The molecule has 7 aromatic rings. The van der Waals surface area contributed by atoms with Gasteiger partial charge in [-0.05, 0) is 111 Å². The summed E-state index contributed by atoms with van der Waals surface area (Å²) in [7, 11) is 0. The first-order valence-electron chi connectivity index (χ1n) is 18.1. The third-order valence-corrected chi connectivity index (χ3v) is 12.5. The molecule has 2 aromatic heterocycles. The summed E-state index contributed by atoms with van der Waals surface area (Å²) in [6.07, 6.45) is 0. The predicted octanol–water partition coefficient (Wildman–Crippen LogP) is 12.0. The minimum atomic E-state index is 0.0721. The van der Waals surface area contributed by atoms with Crippen LogP contribution < -0.4 is 29.7 Å². The van der Waals surface area contributed by atoms with Crippen molar-refractivity contribution in [2.24, 2.45) is 0 Å². The molecule has 5 aromatic carbocycles. The topological polar surface area (TPSA) is 9.72 Å². The first-order valence-corrected chi connectivity index (χ1v) is 19.9. The second kappa shape index (κ2) is 12.3. The normalized spacial score (nSPS) is 13.5. The van der Waals surface area contributed by atoms with Gasteiger partial charge >= 0.3 is 0 Å². The second-order valence-corrected chi connectivity index (χ2v) is 17.8. The molecule has 52 heavy (non-hydrogen) atoms. The number of para-hydroxylation sites is 2. The summed E-state index contributed by atoms with van der Waals surface area (Å²) in [6, 6.07) is 49.6. The van der Waals surface area contributed by atoms with Gasteiger partial charge in [-0.1, -0.05) is 102 Å². The van der Waals surface area contributed by atoms with Crippen LogP contribution >= 0.6 is 22.7 Å². The first-order chi connectivity index (χ1) is 25.1. The lowest BCUT2D eigenvalue weighted by molar-refractivity contribution is 0.590. The standard InChI is InChI=1S/C46H42BN3S2/c1-45(2,3)31-17-21-35(22-18-31)49-38-25-27-51-43(38)47-42-40(49)29-37(48(33-13-9-7-10-14-33)34-15-11-8-12-16-34)30-41(42)50(39-26-28-52-44(39)47)36-23-19-32(20-24-36)46(4,5)6/h7-30H,1-6H3. The zero-order valence-corrected chi connectivity index (χ0v) is 32.2. The summed E-state index contributed by atoms with van der Waals surface area (Å²) < 4.78 is 2.80. The Morgan fingerprint density at radius 1 is 0.462 bits per heavy atom. The van der Waals surface area contributed by atoms with Gasteiger partial charge in [0.05, 0.1) is 17.1 Å². The number of hydrogen-bond acceptors (Lipinski definition) is 5. The lowest BCUT2D eigenvalue weighted by Crippen LogP contribution is -2.59. The van der Waals surface area contributed by atoms with Gasteiger partial charge in [0, 0.05) is 43.7 Å². The van der Waals surface area contributed by atoms with E-state index in [1.165, 1.54) is 60.3 Å². The van der Waals surface area contributed by atoms with Gasteiger partial charge in [0.15, 0.2) is 0 Å². The van der Waals surface area contributed by atoms with E-state index in [0.29, 0.717) is 0 Å². The minimum absolute atomic E-state index is 0.0721. The van der Waals surface area contributed by atoms with Crippen LogP contribution in [0.2, 0.25) is 0 Å². The number of hydrogen-bond donors (Lipinski definition) is 0. The Labute approximate surface area is 316 Å².